The van der Waals surface area contributed by atoms with Crippen LogP contribution < -0.4 is 15.4 Å². The van der Waals surface area contributed by atoms with Crippen molar-refractivity contribution in [2.24, 2.45) is 0 Å². The van der Waals surface area contributed by atoms with E-state index in [2.05, 4.69) is 10.6 Å². The lowest BCUT2D eigenvalue weighted by atomic mass is 10.2. The van der Waals surface area contributed by atoms with Crippen LogP contribution in [0.25, 0.3) is 0 Å². The Balaban J connectivity index is 1.89. The number of hydrogen-bond donors (Lipinski definition) is 2. The minimum absolute atomic E-state index is 0.0185. The first kappa shape index (κ1) is 20.4. The molecule has 27 heavy (non-hydrogen) atoms. The minimum Gasteiger partial charge on any atom is -0.497 e. The number of carbonyl (C=O) groups excluding carboxylic acids is 2. The summed E-state index contributed by atoms with van der Waals surface area (Å²) in [5, 5.41) is 5.30. The van der Waals surface area contributed by atoms with Crippen LogP contribution in [0.15, 0.2) is 42.5 Å². The molecular formula is C20H24FN3O3. The number of carbonyl (C=O) groups is 2. The average Bonchev–Trinajstić information content (AvgIpc) is 2.63. The summed E-state index contributed by atoms with van der Waals surface area (Å²) in [4.78, 5) is 26.1. The molecule has 0 bridgehead atoms. The summed E-state index contributed by atoms with van der Waals surface area (Å²) in [6.07, 6.45) is 0. The average molecular weight is 373 g/mol. The Morgan fingerprint density at radius 3 is 2.41 bits per heavy atom. The van der Waals surface area contributed by atoms with Gasteiger partial charge in [-0.2, -0.15) is 0 Å². The first-order valence-corrected chi connectivity index (χ1v) is 8.63. The fourth-order valence-corrected chi connectivity index (χ4v) is 2.50. The van der Waals surface area contributed by atoms with E-state index in [0.29, 0.717) is 18.0 Å². The molecule has 2 N–H and O–H groups in total. The van der Waals surface area contributed by atoms with Gasteiger partial charge in [-0.25, -0.2) is 4.39 Å². The molecule has 6 nitrogen and oxygen atoms in total. The Hall–Kier alpha value is -2.93. The molecule has 0 atom stereocenters. The lowest BCUT2D eigenvalue weighted by Gasteiger charge is -2.19. The number of likely N-dealkylation sites (N-methyl/N-ethyl adjacent to an activating group) is 1. The van der Waals surface area contributed by atoms with E-state index in [1.165, 1.54) is 12.1 Å². The molecule has 0 fully saturated rings. The highest BCUT2D eigenvalue weighted by Gasteiger charge is 2.15. The summed E-state index contributed by atoms with van der Waals surface area (Å²) < 4.78 is 19.0. The van der Waals surface area contributed by atoms with Gasteiger partial charge in [-0.1, -0.05) is 19.1 Å². The Kier molecular flexibility index (Phi) is 7.31. The maximum atomic E-state index is 13.8. The molecule has 0 saturated carbocycles. The highest BCUT2D eigenvalue weighted by molar-refractivity contribution is 5.94. The van der Waals surface area contributed by atoms with Gasteiger partial charge in [-0.15, -0.1) is 0 Å². The smallest absolute Gasteiger partial charge is 0.238 e. The van der Waals surface area contributed by atoms with Crippen LogP contribution in [0.3, 0.4) is 0 Å². The maximum absolute atomic E-state index is 13.8. The van der Waals surface area contributed by atoms with E-state index >= 15 is 0 Å². The van der Waals surface area contributed by atoms with Gasteiger partial charge >= 0.3 is 0 Å². The van der Waals surface area contributed by atoms with Gasteiger partial charge in [0.15, 0.2) is 0 Å². The molecule has 7 heteroatoms. The molecule has 2 aromatic rings. The zero-order valence-corrected chi connectivity index (χ0v) is 15.7. The number of nitrogens with one attached hydrogen (secondary N) is 2. The lowest BCUT2D eigenvalue weighted by Crippen LogP contribution is -2.38. The third kappa shape index (κ3) is 6.38. The molecule has 0 aliphatic heterocycles. The number of benzene rings is 2. The predicted molar refractivity (Wildman–Crippen MR) is 104 cm³/mol. The molecule has 2 amide bonds. The molecule has 0 aliphatic rings. The lowest BCUT2D eigenvalue weighted by molar-refractivity contribution is -0.119. The second-order valence-electron chi connectivity index (χ2n) is 6.11. The predicted octanol–water partition coefficient (Wildman–Crippen LogP) is 3.04. The normalized spacial score (nSPS) is 10.6. The number of aryl methyl sites for hydroxylation is 1. The van der Waals surface area contributed by atoms with E-state index in [4.69, 9.17) is 4.74 Å². The van der Waals surface area contributed by atoms with Crippen LogP contribution >= 0.6 is 0 Å². The largest absolute Gasteiger partial charge is 0.497 e. The van der Waals surface area contributed by atoms with Crippen molar-refractivity contribution in [1.82, 2.24) is 4.90 Å². The van der Waals surface area contributed by atoms with Crippen molar-refractivity contribution in [2.45, 2.75) is 13.8 Å². The van der Waals surface area contributed by atoms with Crippen molar-refractivity contribution < 1.29 is 18.7 Å². The fourth-order valence-electron chi connectivity index (χ4n) is 2.50. The zero-order valence-electron chi connectivity index (χ0n) is 15.7. The van der Waals surface area contributed by atoms with Crippen molar-refractivity contribution in [3.63, 3.8) is 0 Å². The standard InChI is InChI=1S/C20H24FN3O3/c1-4-24(12-19(25)22-15-6-5-7-16(11-15)27-3)13-20(26)23-18-9-8-14(2)10-17(18)21/h5-11H,4,12-13H2,1-3H3,(H,22,25)(H,23,26). The molecule has 0 aliphatic carbocycles. The van der Waals surface area contributed by atoms with E-state index < -0.39 is 5.82 Å². The quantitative estimate of drug-likeness (QED) is 0.746. The number of hydrogen-bond acceptors (Lipinski definition) is 4. The SMILES string of the molecule is CCN(CC(=O)Nc1cccc(OC)c1)CC(=O)Nc1ccc(C)cc1F. The highest BCUT2D eigenvalue weighted by atomic mass is 19.1. The van der Waals surface area contributed by atoms with Gasteiger partial charge in [0.1, 0.15) is 11.6 Å². The van der Waals surface area contributed by atoms with Crippen LogP contribution in [-0.4, -0.2) is 43.5 Å². The van der Waals surface area contributed by atoms with E-state index in [0.717, 1.165) is 5.56 Å². The molecule has 0 saturated heterocycles. The Labute approximate surface area is 158 Å². The monoisotopic (exact) mass is 373 g/mol. The molecule has 0 spiro atoms. The number of ether oxygens (including phenoxy) is 1. The van der Waals surface area contributed by atoms with Gasteiger partial charge in [0, 0.05) is 11.8 Å². The highest BCUT2D eigenvalue weighted by Crippen LogP contribution is 2.17. The van der Waals surface area contributed by atoms with Crippen molar-refractivity contribution in [3.05, 3.63) is 53.8 Å². The minimum atomic E-state index is -0.484. The molecule has 0 radical (unpaired) electrons. The first-order valence-electron chi connectivity index (χ1n) is 8.63. The molecule has 0 unspecified atom stereocenters. The number of rotatable bonds is 8. The van der Waals surface area contributed by atoms with Gasteiger partial charge in [-0.05, 0) is 43.3 Å². The Bertz CT molecular complexity index is 811. The Morgan fingerprint density at radius 1 is 1.07 bits per heavy atom. The summed E-state index contributed by atoms with van der Waals surface area (Å²) in [7, 11) is 1.55. The van der Waals surface area contributed by atoms with Crippen LogP contribution in [0.1, 0.15) is 12.5 Å². The third-order valence-electron chi connectivity index (χ3n) is 3.93. The van der Waals surface area contributed by atoms with Gasteiger partial charge < -0.3 is 15.4 Å². The van der Waals surface area contributed by atoms with E-state index in [-0.39, 0.29) is 30.6 Å². The van der Waals surface area contributed by atoms with Gasteiger partial charge in [0.25, 0.3) is 0 Å². The van der Waals surface area contributed by atoms with E-state index in [1.54, 1.807) is 49.3 Å². The maximum Gasteiger partial charge on any atom is 0.238 e. The van der Waals surface area contributed by atoms with Crippen LogP contribution in [-0.2, 0) is 9.59 Å². The first-order chi connectivity index (χ1) is 12.9. The molecule has 2 rings (SSSR count). The van der Waals surface area contributed by atoms with Crippen LogP contribution in [0.2, 0.25) is 0 Å². The van der Waals surface area contributed by atoms with Crippen molar-refractivity contribution >= 4 is 23.2 Å². The molecule has 144 valence electrons. The summed E-state index contributed by atoms with van der Waals surface area (Å²) in [5.41, 5.74) is 1.51. The summed E-state index contributed by atoms with van der Waals surface area (Å²) in [6, 6.07) is 11.6. The van der Waals surface area contributed by atoms with Crippen LogP contribution in [0.4, 0.5) is 15.8 Å². The Morgan fingerprint density at radius 2 is 1.78 bits per heavy atom. The summed E-state index contributed by atoms with van der Waals surface area (Å²) in [6.45, 7) is 4.13. The number of amides is 2. The van der Waals surface area contributed by atoms with Gasteiger partial charge in [0.2, 0.25) is 11.8 Å². The van der Waals surface area contributed by atoms with Crippen molar-refractivity contribution in [1.29, 1.82) is 0 Å². The van der Waals surface area contributed by atoms with Crippen LogP contribution in [0.5, 0.6) is 5.75 Å². The number of methoxy groups -OCH3 is 1. The third-order valence-corrected chi connectivity index (χ3v) is 3.93. The van der Waals surface area contributed by atoms with Gasteiger partial charge in [0.05, 0.1) is 25.9 Å². The van der Waals surface area contributed by atoms with Gasteiger partial charge in [-0.3, -0.25) is 14.5 Å². The number of nitrogens with zero attached hydrogens (tertiary/aromatic N) is 1. The summed E-state index contributed by atoms with van der Waals surface area (Å²) in [5.74, 6) is -0.477. The van der Waals surface area contributed by atoms with Crippen molar-refractivity contribution in [3.8, 4) is 5.75 Å². The van der Waals surface area contributed by atoms with Crippen molar-refractivity contribution in [2.75, 3.05) is 37.4 Å². The number of halogens is 1. The van der Waals surface area contributed by atoms with E-state index in [1.807, 2.05) is 6.92 Å². The molecule has 2 aromatic carbocycles. The second-order valence-corrected chi connectivity index (χ2v) is 6.11. The molecular weight excluding hydrogens is 349 g/mol. The van der Waals surface area contributed by atoms with E-state index in [9.17, 15) is 14.0 Å². The topological polar surface area (TPSA) is 70.7 Å². The fraction of sp³-hybridized carbons (Fsp3) is 0.300. The zero-order chi connectivity index (χ0) is 19.8. The molecule has 0 aromatic heterocycles. The molecule has 0 heterocycles. The number of anilines is 2. The second kappa shape index (κ2) is 9.68. The van der Waals surface area contributed by atoms with Crippen LogP contribution in [0, 0.1) is 12.7 Å². The summed E-state index contributed by atoms with van der Waals surface area (Å²) >= 11 is 0.